The number of carbonyl (C=O) groups is 2. The monoisotopic (exact) mass is 226 g/mol. The van der Waals surface area contributed by atoms with Gasteiger partial charge >= 0.3 is 5.97 Å². The fraction of sp³-hybridized carbons (Fsp3) is 0.273. The third kappa shape index (κ3) is 4.13. The number of rotatable bonds is 4. The summed E-state index contributed by atoms with van der Waals surface area (Å²) in [6, 6.07) is 6.94. The average Bonchev–Trinajstić information content (AvgIpc) is 2.21. The second kappa shape index (κ2) is 5.51. The molecule has 0 saturated carbocycles. The van der Waals surface area contributed by atoms with Crippen LogP contribution in [0.4, 0.5) is 0 Å². The maximum absolute atomic E-state index is 11.3. The van der Waals surface area contributed by atoms with Crippen molar-refractivity contribution in [3.05, 3.63) is 34.9 Å². The van der Waals surface area contributed by atoms with Gasteiger partial charge in [-0.15, -0.1) is 0 Å². The van der Waals surface area contributed by atoms with Crippen LogP contribution < -0.4 is 0 Å². The van der Waals surface area contributed by atoms with Crippen molar-refractivity contribution in [3.63, 3.8) is 0 Å². The molecule has 1 aromatic rings. The van der Waals surface area contributed by atoms with E-state index in [4.69, 9.17) is 11.6 Å². The summed E-state index contributed by atoms with van der Waals surface area (Å²) >= 11 is 5.70. The zero-order valence-electron chi connectivity index (χ0n) is 8.33. The molecule has 1 rings (SSSR count). The highest BCUT2D eigenvalue weighted by molar-refractivity contribution is 6.30. The molecular weight excluding hydrogens is 216 g/mol. The molecule has 0 heterocycles. The molecule has 0 aliphatic rings. The molecule has 80 valence electrons. The number of benzene rings is 1. The van der Waals surface area contributed by atoms with Gasteiger partial charge in [0.1, 0.15) is 12.2 Å². The lowest BCUT2D eigenvalue weighted by atomic mass is 10.1. The number of esters is 1. The molecule has 0 aliphatic carbocycles. The van der Waals surface area contributed by atoms with Crippen molar-refractivity contribution in [2.24, 2.45) is 0 Å². The molecule has 0 aromatic heterocycles. The van der Waals surface area contributed by atoms with Crippen LogP contribution in [-0.2, 0) is 20.7 Å². The highest BCUT2D eigenvalue weighted by Crippen LogP contribution is 2.10. The highest BCUT2D eigenvalue weighted by atomic mass is 35.5. The standard InChI is InChI=1S/C11H11ClO3/c1-15-11(14)7-10(13)6-8-2-4-9(12)5-3-8/h2-5H,6-7H2,1H3. The minimum atomic E-state index is -0.506. The van der Waals surface area contributed by atoms with E-state index in [9.17, 15) is 9.59 Å². The van der Waals surface area contributed by atoms with Crippen molar-refractivity contribution in [2.45, 2.75) is 12.8 Å². The lowest BCUT2D eigenvalue weighted by molar-refractivity contribution is -0.143. The first-order valence-corrected chi connectivity index (χ1v) is 4.82. The molecule has 1 aromatic carbocycles. The van der Waals surface area contributed by atoms with E-state index in [-0.39, 0.29) is 18.6 Å². The minimum absolute atomic E-state index is 0.163. The molecule has 0 fully saturated rings. The third-order valence-corrected chi connectivity index (χ3v) is 2.14. The molecule has 3 nitrogen and oxygen atoms in total. The Labute approximate surface area is 93.0 Å². The Balaban J connectivity index is 2.51. The van der Waals surface area contributed by atoms with Gasteiger partial charge in [-0.1, -0.05) is 23.7 Å². The number of hydrogen-bond donors (Lipinski definition) is 0. The van der Waals surface area contributed by atoms with Gasteiger partial charge in [0.25, 0.3) is 0 Å². The van der Waals surface area contributed by atoms with Crippen LogP contribution in [0.5, 0.6) is 0 Å². The largest absolute Gasteiger partial charge is 0.469 e. The molecule has 0 bridgehead atoms. The van der Waals surface area contributed by atoms with E-state index in [2.05, 4.69) is 4.74 Å². The maximum atomic E-state index is 11.3. The van der Waals surface area contributed by atoms with E-state index in [0.717, 1.165) is 5.56 Å². The van der Waals surface area contributed by atoms with Crippen LogP contribution in [0, 0.1) is 0 Å². The van der Waals surface area contributed by atoms with E-state index < -0.39 is 5.97 Å². The van der Waals surface area contributed by atoms with E-state index in [0.29, 0.717) is 5.02 Å². The Morgan fingerprint density at radius 2 is 1.87 bits per heavy atom. The molecular formula is C11H11ClO3. The zero-order valence-corrected chi connectivity index (χ0v) is 9.08. The van der Waals surface area contributed by atoms with Crippen molar-refractivity contribution in [1.29, 1.82) is 0 Å². The van der Waals surface area contributed by atoms with Crippen molar-refractivity contribution in [1.82, 2.24) is 0 Å². The summed E-state index contributed by atoms with van der Waals surface area (Å²) in [5.41, 5.74) is 0.841. The number of carbonyl (C=O) groups excluding carboxylic acids is 2. The van der Waals surface area contributed by atoms with Crippen molar-refractivity contribution in [3.8, 4) is 0 Å². The Morgan fingerprint density at radius 1 is 1.27 bits per heavy atom. The summed E-state index contributed by atoms with van der Waals surface area (Å²) in [6.45, 7) is 0. The lowest BCUT2D eigenvalue weighted by Crippen LogP contribution is -2.11. The average molecular weight is 227 g/mol. The second-order valence-electron chi connectivity index (χ2n) is 3.09. The normalized spacial score (nSPS) is 9.73. The van der Waals surface area contributed by atoms with Gasteiger partial charge in [-0.2, -0.15) is 0 Å². The number of ether oxygens (including phenoxy) is 1. The van der Waals surface area contributed by atoms with Crippen molar-refractivity contribution < 1.29 is 14.3 Å². The van der Waals surface area contributed by atoms with Gasteiger partial charge in [0.05, 0.1) is 7.11 Å². The van der Waals surface area contributed by atoms with E-state index in [1.165, 1.54) is 7.11 Å². The molecule has 0 unspecified atom stereocenters. The van der Waals surface area contributed by atoms with Gasteiger partial charge in [-0.25, -0.2) is 0 Å². The first-order chi connectivity index (χ1) is 7.11. The Morgan fingerprint density at radius 3 is 2.40 bits per heavy atom. The highest BCUT2D eigenvalue weighted by Gasteiger charge is 2.09. The predicted octanol–water partition coefficient (Wildman–Crippen LogP) is 2.01. The molecule has 0 aliphatic heterocycles. The lowest BCUT2D eigenvalue weighted by Gasteiger charge is -2.00. The quantitative estimate of drug-likeness (QED) is 0.583. The summed E-state index contributed by atoms with van der Waals surface area (Å²) in [5, 5.41) is 0.624. The van der Waals surface area contributed by atoms with Gasteiger partial charge in [0, 0.05) is 11.4 Å². The van der Waals surface area contributed by atoms with Crippen LogP contribution in [-0.4, -0.2) is 18.9 Å². The molecule has 4 heteroatoms. The number of Topliss-reactive ketones (excluding diaryl/α,β-unsaturated/α-hetero) is 1. The van der Waals surface area contributed by atoms with Gasteiger partial charge in [-0.3, -0.25) is 9.59 Å². The van der Waals surface area contributed by atoms with Crippen molar-refractivity contribution in [2.75, 3.05) is 7.11 Å². The van der Waals surface area contributed by atoms with E-state index in [1.54, 1.807) is 24.3 Å². The van der Waals surface area contributed by atoms with Gasteiger partial charge in [0.15, 0.2) is 0 Å². The van der Waals surface area contributed by atoms with Crippen molar-refractivity contribution >= 4 is 23.4 Å². The first-order valence-electron chi connectivity index (χ1n) is 4.45. The summed E-state index contributed by atoms with van der Waals surface area (Å²) in [7, 11) is 1.26. The zero-order chi connectivity index (χ0) is 11.3. The van der Waals surface area contributed by atoms with E-state index in [1.807, 2.05) is 0 Å². The SMILES string of the molecule is COC(=O)CC(=O)Cc1ccc(Cl)cc1. The smallest absolute Gasteiger partial charge is 0.313 e. The number of hydrogen-bond acceptors (Lipinski definition) is 3. The van der Waals surface area contributed by atoms with Crippen LogP contribution in [0.2, 0.25) is 5.02 Å². The predicted molar refractivity (Wildman–Crippen MR) is 56.8 cm³/mol. The van der Waals surface area contributed by atoms with E-state index >= 15 is 0 Å². The second-order valence-corrected chi connectivity index (χ2v) is 3.53. The summed E-state index contributed by atoms with van der Waals surface area (Å²) in [6.07, 6.45) is 0.0470. The Bertz CT molecular complexity index is 357. The summed E-state index contributed by atoms with van der Waals surface area (Å²) in [5.74, 6) is -0.668. The number of methoxy groups -OCH3 is 1. The summed E-state index contributed by atoms with van der Waals surface area (Å²) in [4.78, 5) is 22.1. The molecule has 0 amide bonds. The molecule has 0 radical (unpaired) electrons. The summed E-state index contributed by atoms with van der Waals surface area (Å²) < 4.78 is 4.40. The van der Waals surface area contributed by atoms with Crippen LogP contribution in [0.25, 0.3) is 0 Å². The first kappa shape index (κ1) is 11.7. The van der Waals surface area contributed by atoms with Crippen LogP contribution in [0.15, 0.2) is 24.3 Å². The van der Waals surface area contributed by atoms with Gasteiger partial charge < -0.3 is 4.74 Å². The number of ketones is 1. The van der Waals surface area contributed by atoms with Crippen LogP contribution >= 0.6 is 11.6 Å². The fourth-order valence-electron chi connectivity index (χ4n) is 1.13. The van der Waals surface area contributed by atoms with Crippen LogP contribution in [0.3, 0.4) is 0 Å². The molecule has 0 atom stereocenters. The molecule has 0 N–H and O–H groups in total. The minimum Gasteiger partial charge on any atom is -0.469 e. The molecule has 0 spiro atoms. The molecule has 15 heavy (non-hydrogen) atoms. The van der Waals surface area contributed by atoms with Gasteiger partial charge in [-0.05, 0) is 17.7 Å². The molecule has 0 saturated heterocycles. The maximum Gasteiger partial charge on any atom is 0.313 e. The van der Waals surface area contributed by atoms with Crippen LogP contribution in [0.1, 0.15) is 12.0 Å². The third-order valence-electron chi connectivity index (χ3n) is 1.88. The fourth-order valence-corrected chi connectivity index (χ4v) is 1.25. The Kier molecular flexibility index (Phi) is 4.31. The van der Waals surface area contributed by atoms with Gasteiger partial charge in [0.2, 0.25) is 0 Å². The number of halogens is 1. The topological polar surface area (TPSA) is 43.4 Å². The Hall–Kier alpha value is -1.35.